The Kier molecular flexibility index (Phi) is 9.58. The fourth-order valence-electron chi connectivity index (χ4n) is 3.70. The number of nitrogens with one attached hydrogen (secondary N) is 1. The van der Waals surface area contributed by atoms with E-state index in [9.17, 15) is 9.59 Å². The Morgan fingerprint density at radius 1 is 1.04 bits per heavy atom. The Morgan fingerprint density at radius 2 is 1.79 bits per heavy atom. The number of nitrogens with zero attached hydrogens (tertiary/aromatic N) is 2. The molecule has 2 saturated heterocycles. The minimum atomic E-state index is 0. The third-order valence-electron chi connectivity index (χ3n) is 5.33. The molecule has 1 aromatic rings. The van der Waals surface area contributed by atoms with E-state index in [1.54, 1.807) is 0 Å². The molecule has 7 heteroatoms. The summed E-state index contributed by atoms with van der Waals surface area (Å²) < 4.78 is 5.80. The maximum absolute atomic E-state index is 12.2. The first-order valence-corrected chi connectivity index (χ1v) is 10.2. The Balaban J connectivity index is 0.00000280. The Bertz CT molecular complexity index is 635. The largest absolute Gasteiger partial charge is 0.483 e. The average molecular weight is 410 g/mol. The van der Waals surface area contributed by atoms with Crippen LogP contribution in [0.15, 0.2) is 24.3 Å². The standard InChI is InChI=1S/C21H31N3O3.ClH/c25-20-10-2-1-5-12-24(20)15-11-22-16-18-8-3-4-9-19(18)27-17-21(26)23-13-6-7-14-23;/h3-4,8-9,22H,1-2,5-7,10-17H2;1H. The smallest absolute Gasteiger partial charge is 0.260 e. The van der Waals surface area contributed by atoms with E-state index < -0.39 is 0 Å². The third kappa shape index (κ3) is 6.67. The molecule has 2 heterocycles. The summed E-state index contributed by atoms with van der Waals surface area (Å²) in [6.45, 7) is 4.83. The quantitative estimate of drug-likeness (QED) is 0.670. The average Bonchev–Trinajstić information content (AvgIpc) is 3.15. The normalized spacial score (nSPS) is 17.2. The highest BCUT2D eigenvalue weighted by Gasteiger charge is 2.19. The number of likely N-dealkylation sites (tertiary alicyclic amines) is 2. The zero-order valence-electron chi connectivity index (χ0n) is 16.5. The Morgan fingerprint density at radius 3 is 2.61 bits per heavy atom. The molecule has 2 fully saturated rings. The van der Waals surface area contributed by atoms with Crippen LogP contribution < -0.4 is 10.1 Å². The van der Waals surface area contributed by atoms with Gasteiger partial charge in [0.25, 0.3) is 5.91 Å². The van der Waals surface area contributed by atoms with Crippen molar-refractivity contribution in [3.8, 4) is 5.75 Å². The van der Waals surface area contributed by atoms with E-state index in [0.29, 0.717) is 13.0 Å². The van der Waals surface area contributed by atoms with Gasteiger partial charge in [-0.15, -0.1) is 12.4 Å². The third-order valence-corrected chi connectivity index (χ3v) is 5.33. The zero-order valence-corrected chi connectivity index (χ0v) is 17.3. The summed E-state index contributed by atoms with van der Waals surface area (Å²) in [6.07, 6.45) is 6.13. The van der Waals surface area contributed by atoms with Crippen LogP contribution in [0.2, 0.25) is 0 Å². The van der Waals surface area contributed by atoms with Gasteiger partial charge in [-0.25, -0.2) is 0 Å². The molecule has 2 aliphatic heterocycles. The first-order valence-electron chi connectivity index (χ1n) is 10.2. The van der Waals surface area contributed by atoms with Gasteiger partial charge in [-0.3, -0.25) is 9.59 Å². The molecule has 0 atom stereocenters. The van der Waals surface area contributed by atoms with Crippen molar-refractivity contribution in [1.82, 2.24) is 15.1 Å². The van der Waals surface area contributed by atoms with Gasteiger partial charge >= 0.3 is 0 Å². The molecule has 6 nitrogen and oxygen atoms in total. The summed E-state index contributed by atoms with van der Waals surface area (Å²) in [4.78, 5) is 28.0. The van der Waals surface area contributed by atoms with E-state index in [-0.39, 0.29) is 30.8 Å². The highest BCUT2D eigenvalue weighted by Crippen LogP contribution is 2.18. The van der Waals surface area contributed by atoms with E-state index in [2.05, 4.69) is 5.32 Å². The molecule has 28 heavy (non-hydrogen) atoms. The molecule has 0 unspecified atom stereocenters. The number of carbonyl (C=O) groups is 2. The molecule has 156 valence electrons. The van der Waals surface area contributed by atoms with Gasteiger partial charge in [0.05, 0.1) is 0 Å². The summed E-state index contributed by atoms with van der Waals surface area (Å²) in [5, 5.41) is 3.40. The molecule has 0 aromatic heterocycles. The first kappa shape index (κ1) is 22.5. The fourth-order valence-corrected chi connectivity index (χ4v) is 3.70. The molecule has 0 saturated carbocycles. The highest BCUT2D eigenvalue weighted by molar-refractivity contribution is 5.85. The predicted molar refractivity (Wildman–Crippen MR) is 112 cm³/mol. The van der Waals surface area contributed by atoms with E-state index in [1.165, 1.54) is 0 Å². The summed E-state index contributed by atoms with van der Waals surface area (Å²) in [6, 6.07) is 7.83. The second-order valence-corrected chi connectivity index (χ2v) is 7.35. The van der Waals surface area contributed by atoms with Crippen molar-refractivity contribution in [2.24, 2.45) is 0 Å². The van der Waals surface area contributed by atoms with Crippen molar-refractivity contribution in [1.29, 1.82) is 0 Å². The van der Waals surface area contributed by atoms with Crippen molar-refractivity contribution in [2.75, 3.05) is 39.3 Å². The SMILES string of the molecule is Cl.O=C1CCCCCN1CCNCc1ccccc1OCC(=O)N1CCCC1. The van der Waals surface area contributed by atoms with Gasteiger partial charge in [-0.2, -0.15) is 0 Å². The Labute approximate surface area is 174 Å². The van der Waals surface area contributed by atoms with Crippen LogP contribution in [0.3, 0.4) is 0 Å². The number of hydrogen-bond donors (Lipinski definition) is 1. The van der Waals surface area contributed by atoms with Gasteiger partial charge in [-0.1, -0.05) is 24.6 Å². The van der Waals surface area contributed by atoms with Gasteiger partial charge in [0.2, 0.25) is 5.91 Å². The van der Waals surface area contributed by atoms with Crippen molar-refractivity contribution in [2.45, 2.75) is 45.1 Å². The lowest BCUT2D eigenvalue weighted by Crippen LogP contribution is -2.36. The predicted octanol–water partition coefficient (Wildman–Crippen LogP) is 2.60. The summed E-state index contributed by atoms with van der Waals surface area (Å²) in [5.41, 5.74) is 1.04. The molecule has 2 aliphatic rings. The first-order chi connectivity index (χ1) is 13.2. The molecule has 1 N–H and O–H groups in total. The van der Waals surface area contributed by atoms with Gasteiger partial charge in [0, 0.05) is 51.3 Å². The van der Waals surface area contributed by atoms with Crippen LogP contribution in [-0.2, 0) is 16.1 Å². The minimum Gasteiger partial charge on any atom is -0.483 e. The van der Waals surface area contributed by atoms with Gasteiger partial charge in [0.15, 0.2) is 6.61 Å². The van der Waals surface area contributed by atoms with Crippen molar-refractivity contribution in [3.63, 3.8) is 0 Å². The molecule has 0 radical (unpaired) electrons. The number of hydrogen-bond acceptors (Lipinski definition) is 4. The molecule has 0 bridgehead atoms. The molecular weight excluding hydrogens is 378 g/mol. The highest BCUT2D eigenvalue weighted by atomic mass is 35.5. The summed E-state index contributed by atoms with van der Waals surface area (Å²) in [7, 11) is 0. The summed E-state index contributed by atoms with van der Waals surface area (Å²) >= 11 is 0. The number of rotatable bonds is 8. The topological polar surface area (TPSA) is 61.9 Å². The second kappa shape index (κ2) is 11.9. The van der Waals surface area contributed by atoms with Crippen LogP contribution in [0.25, 0.3) is 0 Å². The number of ether oxygens (including phenoxy) is 1. The molecule has 0 aliphatic carbocycles. The molecular formula is C21H32ClN3O3. The maximum Gasteiger partial charge on any atom is 0.260 e. The summed E-state index contributed by atoms with van der Waals surface area (Å²) in [5.74, 6) is 1.09. The van der Waals surface area contributed by atoms with Crippen LogP contribution in [0.1, 0.15) is 44.1 Å². The van der Waals surface area contributed by atoms with Crippen LogP contribution in [0, 0.1) is 0 Å². The van der Waals surface area contributed by atoms with E-state index in [1.807, 2.05) is 34.1 Å². The van der Waals surface area contributed by atoms with Crippen LogP contribution in [0.4, 0.5) is 0 Å². The van der Waals surface area contributed by atoms with Crippen LogP contribution >= 0.6 is 12.4 Å². The van der Waals surface area contributed by atoms with Crippen LogP contribution in [-0.4, -0.2) is 60.9 Å². The number of para-hydroxylation sites is 1. The molecule has 1 aromatic carbocycles. The minimum absolute atomic E-state index is 0. The monoisotopic (exact) mass is 409 g/mol. The molecule has 2 amide bonds. The Hall–Kier alpha value is -1.79. The van der Waals surface area contributed by atoms with E-state index in [4.69, 9.17) is 4.74 Å². The molecule has 0 spiro atoms. The van der Waals surface area contributed by atoms with Gasteiger partial charge in [-0.05, 0) is 31.7 Å². The molecule has 3 rings (SSSR count). The van der Waals surface area contributed by atoms with E-state index >= 15 is 0 Å². The van der Waals surface area contributed by atoms with E-state index in [0.717, 1.165) is 76.1 Å². The number of carbonyl (C=O) groups excluding carboxylic acids is 2. The lowest BCUT2D eigenvalue weighted by Gasteiger charge is -2.21. The lowest BCUT2D eigenvalue weighted by molar-refractivity contribution is -0.132. The number of benzene rings is 1. The maximum atomic E-state index is 12.2. The van der Waals surface area contributed by atoms with Crippen molar-refractivity contribution < 1.29 is 14.3 Å². The van der Waals surface area contributed by atoms with Crippen molar-refractivity contribution in [3.05, 3.63) is 29.8 Å². The second-order valence-electron chi connectivity index (χ2n) is 7.35. The van der Waals surface area contributed by atoms with Crippen molar-refractivity contribution >= 4 is 24.2 Å². The fraction of sp³-hybridized carbons (Fsp3) is 0.619. The van der Waals surface area contributed by atoms with Crippen LogP contribution in [0.5, 0.6) is 5.75 Å². The zero-order chi connectivity index (χ0) is 18.9. The van der Waals surface area contributed by atoms with Gasteiger partial charge < -0.3 is 19.9 Å². The number of halogens is 1. The number of amides is 2. The lowest BCUT2D eigenvalue weighted by atomic mass is 10.2. The van der Waals surface area contributed by atoms with Gasteiger partial charge in [0.1, 0.15) is 5.75 Å².